The highest BCUT2D eigenvalue weighted by Gasteiger charge is 2.71. The van der Waals surface area contributed by atoms with Crippen LogP contribution in [0.2, 0.25) is 0 Å². The summed E-state index contributed by atoms with van der Waals surface area (Å²) in [7, 11) is 0. The summed E-state index contributed by atoms with van der Waals surface area (Å²) < 4.78 is 40.8. The summed E-state index contributed by atoms with van der Waals surface area (Å²) in [4.78, 5) is 56.5. The normalized spacial score (nSPS) is 21.2. The molecule has 0 amide bonds. The molecule has 0 saturated carbocycles. The van der Waals surface area contributed by atoms with Gasteiger partial charge in [0.15, 0.2) is 17.3 Å². The molecule has 1 spiro atoms. The zero-order valence-electron chi connectivity index (χ0n) is 22.7. The maximum atomic E-state index is 14.6. The molecule has 1 saturated heterocycles. The average Bonchev–Trinajstić information content (AvgIpc) is 3.46. The second-order valence-corrected chi connectivity index (χ2v) is 11.1. The monoisotopic (exact) mass is 594 g/mol. The highest BCUT2D eigenvalue weighted by atomic mass is 19.4. The summed E-state index contributed by atoms with van der Waals surface area (Å²) in [6, 6.07) is 20.5. The van der Waals surface area contributed by atoms with Gasteiger partial charge in [-0.2, -0.15) is 13.2 Å². The maximum absolute atomic E-state index is 14.6. The number of nitrogens with zero attached hydrogens (tertiary/aromatic N) is 2. The highest BCUT2D eigenvalue weighted by molar-refractivity contribution is 6.32. The lowest BCUT2D eigenvalue weighted by molar-refractivity contribution is -0.384. The van der Waals surface area contributed by atoms with E-state index in [4.69, 9.17) is 0 Å². The predicted molar refractivity (Wildman–Crippen MR) is 155 cm³/mol. The van der Waals surface area contributed by atoms with Crippen LogP contribution >= 0.6 is 0 Å². The van der Waals surface area contributed by atoms with Crippen molar-refractivity contribution in [2.45, 2.75) is 24.2 Å². The van der Waals surface area contributed by atoms with E-state index in [1.165, 1.54) is 42.5 Å². The Balaban J connectivity index is 1.53. The minimum atomic E-state index is -4.64. The summed E-state index contributed by atoms with van der Waals surface area (Å²) in [6.07, 6.45) is -1.17. The maximum Gasteiger partial charge on any atom is 0.416 e. The molecule has 0 bridgehead atoms. The van der Waals surface area contributed by atoms with Gasteiger partial charge in [0.25, 0.3) is 5.69 Å². The van der Waals surface area contributed by atoms with Crippen molar-refractivity contribution in [3.05, 3.63) is 147 Å². The smallest absolute Gasteiger partial charge is 0.352 e. The Morgan fingerprint density at radius 1 is 0.841 bits per heavy atom. The Hall–Kier alpha value is -5.38. The predicted octanol–water partition coefficient (Wildman–Crippen LogP) is 6.93. The summed E-state index contributed by atoms with van der Waals surface area (Å²) in [5, 5.41) is 11.6. The topological polar surface area (TPSA) is 97.6 Å². The highest BCUT2D eigenvalue weighted by Crippen LogP contribution is 2.61. The lowest BCUT2D eigenvalue weighted by atomic mass is 9.64. The number of carbonyl (C=O) groups is 3. The van der Waals surface area contributed by atoms with Gasteiger partial charge in [-0.25, -0.2) is 0 Å². The van der Waals surface area contributed by atoms with Crippen LogP contribution in [0.4, 0.5) is 24.5 Å². The first-order valence-electron chi connectivity index (χ1n) is 13.7. The number of carbonyl (C=O) groups excluding carboxylic acids is 3. The minimum Gasteiger partial charge on any atom is -0.352 e. The molecule has 2 aliphatic heterocycles. The van der Waals surface area contributed by atoms with Crippen LogP contribution in [0.25, 0.3) is 6.08 Å². The molecule has 218 valence electrons. The van der Waals surface area contributed by atoms with Crippen molar-refractivity contribution in [3.8, 4) is 0 Å². The van der Waals surface area contributed by atoms with Crippen LogP contribution in [-0.4, -0.2) is 34.4 Å². The van der Waals surface area contributed by atoms with Gasteiger partial charge in [0, 0.05) is 40.4 Å². The number of hydrogen-bond acceptors (Lipinski definition) is 6. The van der Waals surface area contributed by atoms with Gasteiger partial charge in [0.2, 0.25) is 0 Å². The van der Waals surface area contributed by atoms with Crippen molar-refractivity contribution < 1.29 is 32.5 Å². The molecule has 2 heterocycles. The van der Waals surface area contributed by atoms with E-state index in [9.17, 15) is 37.7 Å². The number of ketones is 3. The van der Waals surface area contributed by atoms with Crippen molar-refractivity contribution in [1.82, 2.24) is 0 Å². The number of benzene rings is 4. The van der Waals surface area contributed by atoms with Crippen LogP contribution in [0, 0.1) is 15.5 Å². The van der Waals surface area contributed by atoms with Gasteiger partial charge in [0.05, 0.1) is 16.5 Å². The van der Waals surface area contributed by atoms with Gasteiger partial charge in [-0.3, -0.25) is 24.5 Å². The minimum absolute atomic E-state index is 0.0284. The van der Waals surface area contributed by atoms with Crippen LogP contribution in [0.1, 0.15) is 53.7 Å². The van der Waals surface area contributed by atoms with E-state index in [1.54, 1.807) is 47.4 Å². The number of rotatable bonds is 4. The first-order valence-corrected chi connectivity index (χ1v) is 13.7. The summed E-state index contributed by atoms with van der Waals surface area (Å²) in [6.45, 7) is 0. The Kier molecular flexibility index (Phi) is 5.97. The summed E-state index contributed by atoms with van der Waals surface area (Å²) >= 11 is 0. The summed E-state index contributed by atoms with van der Waals surface area (Å²) in [5.74, 6) is -2.92. The molecule has 7 nitrogen and oxygen atoms in total. The van der Waals surface area contributed by atoms with Gasteiger partial charge in [0.1, 0.15) is 11.5 Å². The Morgan fingerprint density at radius 3 is 2.11 bits per heavy atom. The molecule has 1 fully saturated rings. The number of non-ortho nitro benzene ring substituents is 1. The molecule has 0 N–H and O–H groups in total. The van der Waals surface area contributed by atoms with Crippen LogP contribution in [0.3, 0.4) is 0 Å². The van der Waals surface area contributed by atoms with Crippen molar-refractivity contribution in [2.75, 3.05) is 4.90 Å². The van der Waals surface area contributed by atoms with Gasteiger partial charge >= 0.3 is 6.18 Å². The van der Waals surface area contributed by atoms with E-state index in [1.807, 2.05) is 6.07 Å². The first kappa shape index (κ1) is 27.5. The number of fused-ring (bicyclic) bond motifs is 5. The van der Waals surface area contributed by atoms with E-state index in [-0.39, 0.29) is 27.9 Å². The molecule has 4 aromatic carbocycles. The number of nitro benzene ring substituents is 1. The van der Waals surface area contributed by atoms with E-state index in [0.29, 0.717) is 11.3 Å². The molecule has 7 rings (SSSR count). The Labute approximate surface area is 248 Å². The molecule has 3 atom stereocenters. The number of anilines is 1. The number of alkyl halides is 3. The number of halogens is 3. The van der Waals surface area contributed by atoms with Gasteiger partial charge in [-0.05, 0) is 29.3 Å². The lowest BCUT2D eigenvalue weighted by Crippen LogP contribution is -2.48. The van der Waals surface area contributed by atoms with Crippen LogP contribution < -0.4 is 4.90 Å². The second kappa shape index (κ2) is 9.57. The molecule has 3 aliphatic rings. The average molecular weight is 595 g/mol. The second-order valence-electron chi connectivity index (χ2n) is 11.1. The van der Waals surface area contributed by atoms with Crippen molar-refractivity contribution in [1.29, 1.82) is 0 Å². The first-order chi connectivity index (χ1) is 21.0. The Morgan fingerprint density at radius 2 is 1.48 bits per heavy atom. The van der Waals surface area contributed by atoms with E-state index in [0.717, 1.165) is 18.2 Å². The molecule has 1 aliphatic carbocycles. The standard InChI is InChI=1S/C34H21F3N2O5/c35-34(36,37)22-15-12-20(13-16-22)28-29(30(40)21-7-5-8-23(18-21)39(43)44)38-26-11-4-1-6-19(26)14-17-27(38)33(28)31(41)24-9-2-3-10-25(24)32(33)42/h1-18,27-29H. The van der Waals surface area contributed by atoms with Crippen LogP contribution in [0.5, 0.6) is 0 Å². The zero-order valence-corrected chi connectivity index (χ0v) is 22.7. The number of nitro groups is 1. The van der Waals surface area contributed by atoms with Gasteiger partial charge in [-0.1, -0.05) is 78.9 Å². The molecule has 10 heteroatoms. The van der Waals surface area contributed by atoms with E-state index < -0.39 is 57.4 Å². The van der Waals surface area contributed by atoms with Crippen molar-refractivity contribution >= 4 is 34.8 Å². The van der Waals surface area contributed by atoms with E-state index in [2.05, 4.69) is 0 Å². The number of hydrogen-bond donors (Lipinski definition) is 0. The third kappa shape index (κ3) is 3.73. The van der Waals surface area contributed by atoms with Gasteiger partial charge in [-0.15, -0.1) is 0 Å². The van der Waals surface area contributed by atoms with Crippen LogP contribution in [0.15, 0.2) is 103 Å². The molecular formula is C34H21F3N2O5. The largest absolute Gasteiger partial charge is 0.416 e. The third-order valence-electron chi connectivity index (χ3n) is 8.92. The summed E-state index contributed by atoms with van der Waals surface area (Å²) in [5.41, 5.74) is -1.40. The molecular weight excluding hydrogens is 573 g/mol. The van der Waals surface area contributed by atoms with Crippen LogP contribution in [-0.2, 0) is 6.18 Å². The number of Topliss-reactive ketones (excluding diaryl/α,β-unsaturated/α-hetero) is 3. The molecule has 3 unspecified atom stereocenters. The SMILES string of the molecule is O=C(c1cccc([N+](=O)[O-])c1)C1C(c2ccc(C(F)(F)F)cc2)C2(C(=O)c3ccccc3C2=O)C2C=Cc3ccccc3N12. The quantitative estimate of drug-likeness (QED) is 0.110. The fourth-order valence-electron chi connectivity index (χ4n) is 7.11. The molecule has 0 radical (unpaired) electrons. The number of para-hydroxylation sites is 1. The fraction of sp³-hybridized carbons (Fsp3) is 0.147. The fourth-order valence-corrected chi connectivity index (χ4v) is 7.11. The zero-order chi connectivity index (χ0) is 31.0. The molecule has 4 aromatic rings. The molecule has 44 heavy (non-hydrogen) atoms. The third-order valence-corrected chi connectivity index (χ3v) is 8.92. The van der Waals surface area contributed by atoms with E-state index >= 15 is 0 Å². The Bertz CT molecular complexity index is 1900. The van der Waals surface area contributed by atoms with Crippen molar-refractivity contribution in [2.24, 2.45) is 5.41 Å². The van der Waals surface area contributed by atoms with Crippen molar-refractivity contribution in [3.63, 3.8) is 0 Å². The lowest BCUT2D eigenvalue weighted by Gasteiger charge is -2.37. The van der Waals surface area contributed by atoms with Gasteiger partial charge < -0.3 is 4.90 Å². The molecule has 0 aromatic heterocycles.